The molecule has 1 N–H and O–H groups in total. The highest BCUT2D eigenvalue weighted by Gasteiger charge is 2.16. The van der Waals surface area contributed by atoms with Gasteiger partial charge in [-0.3, -0.25) is 4.98 Å². The Hall–Kier alpha value is -1.45. The van der Waals surface area contributed by atoms with Gasteiger partial charge in [0.1, 0.15) is 5.82 Å². The van der Waals surface area contributed by atoms with Crippen LogP contribution in [0.5, 0.6) is 0 Å². The van der Waals surface area contributed by atoms with Gasteiger partial charge in [0.15, 0.2) is 0 Å². The van der Waals surface area contributed by atoms with E-state index in [-0.39, 0.29) is 11.9 Å². The molecule has 2 aromatic rings. The first kappa shape index (κ1) is 14.9. The van der Waals surface area contributed by atoms with E-state index in [2.05, 4.69) is 17.2 Å². The highest BCUT2D eigenvalue weighted by Crippen LogP contribution is 2.24. The molecule has 106 valence electrons. The van der Waals surface area contributed by atoms with Crippen LogP contribution in [0.3, 0.4) is 0 Å². The summed E-state index contributed by atoms with van der Waals surface area (Å²) in [6, 6.07) is 8.50. The third-order valence-corrected chi connectivity index (χ3v) is 3.40. The van der Waals surface area contributed by atoms with Gasteiger partial charge >= 0.3 is 0 Å². The predicted octanol–water partition coefficient (Wildman–Crippen LogP) is 4.16. The zero-order valence-electron chi connectivity index (χ0n) is 11.4. The average Bonchev–Trinajstić information content (AvgIpc) is 2.47. The van der Waals surface area contributed by atoms with Crippen molar-refractivity contribution in [1.82, 2.24) is 10.3 Å². The maximum Gasteiger partial charge on any atom is 0.128 e. The Morgan fingerprint density at radius 2 is 2.00 bits per heavy atom. The van der Waals surface area contributed by atoms with Gasteiger partial charge in [0, 0.05) is 29.0 Å². The smallest absolute Gasteiger partial charge is 0.128 e. The summed E-state index contributed by atoms with van der Waals surface area (Å²) in [7, 11) is 0. The van der Waals surface area contributed by atoms with Crippen molar-refractivity contribution >= 4 is 11.6 Å². The third-order valence-electron chi connectivity index (χ3n) is 3.16. The van der Waals surface area contributed by atoms with Crippen molar-refractivity contribution in [2.24, 2.45) is 0 Å². The fourth-order valence-corrected chi connectivity index (χ4v) is 2.33. The van der Waals surface area contributed by atoms with Crippen LogP contribution in [-0.2, 0) is 6.42 Å². The maximum atomic E-state index is 14.0. The summed E-state index contributed by atoms with van der Waals surface area (Å²) in [5, 5.41) is 3.94. The van der Waals surface area contributed by atoms with Crippen LogP contribution in [0, 0.1) is 5.82 Å². The van der Waals surface area contributed by atoms with E-state index in [4.69, 9.17) is 11.6 Å². The second-order valence-corrected chi connectivity index (χ2v) is 5.17. The molecule has 0 radical (unpaired) electrons. The van der Waals surface area contributed by atoms with Crippen LogP contribution in [0.25, 0.3) is 0 Å². The fraction of sp³-hybridized carbons (Fsp3) is 0.312. The van der Waals surface area contributed by atoms with E-state index >= 15 is 0 Å². The lowest BCUT2D eigenvalue weighted by Gasteiger charge is -2.20. The second-order valence-electron chi connectivity index (χ2n) is 4.73. The minimum atomic E-state index is -0.225. The number of nitrogens with one attached hydrogen (secondary N) is 1. The molecule has 1 heterocycles. The van der Waals surface area contributed by atoms with Gasteiger partial charge in [-0.25, -0.2) is 4.39 Å². The van der Waals surface area contributed by atoms with Gasteiger partial charge < -0.3 is 5.32 Å². The third kappa shape index (κ3) is 4.02. The molecule has 0 bridgehead atoms. The molecule has 0 saturated heterocycles. The SMILES string of the molecule is CCCNC(Cc1ccncc1)c1cc(Cl)ccc1F. The molecule has 0 aliphatic rings. The quantitative estimate of drug-likeness (QED) is 0.865. The van der Waals surface area contributed by atoms with E-state index in [0.717, 1.165) is 18.5 Å². The van der Waals surface area contributed by atoms with E-state index in [0.29, 0.717) is 17.0 Å². The predicted molar refractivity (Wildman–Crippen MR) is 80.4 cm³/mol. The molecule has 0 aliphatic carbocycles. The van der Waals surface area contributed by atoms with Gasteiger partial charge in [-0.1, -0.05) is 18.5 Å². The Bertz CT molecular complexity index is 545. The Morgan fingerprint density at radius 1 is 1.25 bits per heavy atom. The number of pyridine rings is 1. The normalized spacial score (nSPS) is 12.3. The molecule has 0 aliphatic heterocycles. The Labute approximate surface area is 124 Å². The number of nitrogens with zero attached hydrogens (tertiary/aromatic N) is 1. The summed E-state index contributed by atoms with van der Waals surface area (Å²) < 4.78 is 14.0. The van der Waals surface area contributed by atoms with Crippen molar-refractivity contribution in [1.29, 1.82) is 0 Å². The molecular formula is C16H18ClFN2. The van der Waals surface area contributed by atoms with Crippen LogP contribution < -0.4 is 5.32 Å². The first-order chi connectivity index (χ1) is 9.70. The molecule has 1 atom stereocenters. The standard InChI is InChI=1S/C16H18ClFN2/c1-2-7-20-16(10-12-5-8-19-9-6-12)14-11-13(17)3-4-15(14)18/h3-6,8-9,11,16,20H,2,7,10H2,1H3. The Balaban J connectivity index is 2.24. The molecule has 1 unspecified atom stereocenters. The molecule has 2 nitrogen and oxygen atoms in total. The number of benzene rings is 1. The zero-order valence-corrected chi connectivity index (χ0v) is 12.2. The minimum absolute atomic E-state index is 0.0870. The molecular weight excluding hydrogens is 275 g/mol. The van der Waals surface area contributed by atoms with E-state index < -0.39 is 0 Å². The fourth-order valence-electron chi connectivity index (χ4n) is 2.15. The van der Waals surface area contributed by atoms with Crippen molar-refractivity contribution in [2.45, 2.75) is 25.8 Å². The minimum Gasteiger partial charge on any atom is -0.310 e. The van der Waals surface area contributed by atoms with Crippen LogP contribution in [0.1, 0.15) is 30.5 Å². The number of hydrogen-bond donors (Lipinski definition) is 1. The van der Waals surface area contributed by atoms with Gasteiger partial charge in [0.25, 0.3) is 0 Å². The summed E-state index contributed by atoms with van der Waals surface area (Å²) in [4.78, 5) is 4.00. The first-order valence-electron chi connectivity index (χ1n) is 6.78. The van der Waals surface area contributed by atoms with E-state index in [1.54, 1.807) is 24.5 Å². The summed E-state index contributed by atoms with van der Waals surface area (Å²) in [5.41, 5.74) is 1.73. The molecule has 0 saturated carbocycles. The van der Waals surface area contributed by atoms with Gasteiger partial charge in [-0.2, -0.15) is 0 Å². The van der Waals surface area contributed by atoms with Crippen molar-refractivity contribution in [3.05, 3.63) is 64.7 Å². The second kappa shape index (κ2) is 7.36. The van der Waals surface area contributed by atoms with Crippen molar-refractivity contribution < 1.29 is 4.39 Å². The maximum absolute atomic E-state index is 14.0. The first-order valence-corrected chi connectivity index (χ1v) is 7.15. The molecule has 1 aromatic carbocycles. The molecule has 20 heavy (non-hydrogen) atoms. The number of hydrogen-bond acceptors (Lipinski definition) is 2. The van der Waals surface area contributed by atoms with Crippen LogP contribution in [0.2, 0.25) is 5.02 Å². The van der Waals surface area contributed by atoms with Crippen molar-refractivity contribution in [3.63, 3.8) is 0 Å². The monoisotopic (exact) mass is 292 g/mol. The lowest BCUT2D eigenvalue weighted by Crippen LogP contribution is -2.25. The molecule has 0 spiro atoms. The number of halogens is 2. The van der Waals surface area contributed by atoms with E-state index in [9.17, 15) is 4.39 Å². The number of rotatable bonds is 6. The zero-order chi connectivity index (χ0) is 14.4. The van der Waals surface area contributed by atoms with Gasteiger partial charge in [0.05, 0.1) is 0 Å². The number of aromatic nitrogens is 1. The van der Waals surface area contributed by atoms with Crippen LogP contribution in [0.4, 0.5) is 4.39 Å². The van der Waals surface area contributed by atoms with Crippen molar-refractivity contribution in [3.8, 4) is 0 Å². The average molecular weight is 293 g/mol. The summed E-state index contributed by atoms with van der Waals surface area (Å²) in [6.07, 6.45) is 5.20. The lowest BCUT2D eigenvalue weighted by molar-refractivity contribution is 0.497. The topological polar surface area (TPSA) is 24.9 Å². The van der Waals surface area contributed by atoms with Gasteiger partial charge in [-0.15, -0.1) is 0 Å². The van der Waals surface area contributed by atoms with Crippen LogP contribution in [0.15, 0.2) is 42.7 Å². The van der Waals surface area contributed by atoms with Crippen LogP contribution >= 0.6 is 11.6 Å². The summed E-state index contributed by atoms with van der Waals surface area (Å²) in [6.45, 7) is 2.92. The van der Waals surface area contributed by atoms with Crippen LogP contribution in [-0.4, -0.2) is 11.5 Å². The Morgan fingerprint density at radius 3 is 2.70 bits per heavy atom. The van der Waals surface area contributed by atoms with Gasteiger partial charge in [0.2, 0.25) is 0 Å². The van der Waals surface area contributed by atoms with E-state index in [1.165, 1.54) is 6.07 Å². The molecule has 1 aromatic heterocycles. The molecule has 4 heteroatoms. The molecule has 0 fully saturated rings. The highest BCUT2D eigenvalue weighted by atomic mass is 35.5. The highest BCUT2D eigenvalue weighted by molar-refractivity contribution is 6.30. The summed E-state index contributed by atoms with van der Waals surface area (Å²) in [5.74, 6) is -0.225. The molecule has 0 amide bonds. The largest absolute Gasteiger partial charge is 0.310 e. The van der Waals surface area contributed by atoms with Gasteiger partial charge in [-0.05, 0) is 55.3 Å². The van der Waals surface area contributed by atoms with E-state index in [1.807, 2.05) is 12.1 Å². The molecule has 2 rings (SSSR count). The Kier molecular flexibility index (Phi) is 5.50. The summed E-state index contributed by atoms with van der Waals surface area (Å²) >= 11 is 5.99. The van der Waals surface area contributed by atoms with Crippen molar-refractivity contribution in [2.75, 3.05) is 6.54 Å². The lowest BCUT2D eigenvalue weighted by atomic mass is 9.99.